The van der Waals surface area contributed by atoms with Gasteiger partial charge in [0.2, 0.25) is 0 Å². The summed E-state index contributed by atoms with van der Waals surface area (Å²) in [6.45, 7) is 0. The first-order chi connectivity index (χ1) is 9.85. The molecule has 0 spiro atoms. The maximum atomic E-state index is 5.16. The minimum Gasteiger partial charge on any atom is -0.497 e. The molecule has 0 unspecified atom stereocenters. The van der Waals surface area contributed by atoms with E-state index in [1.807, 2.05) is 30.3 Å². The van der Waals surface area contributed by atoms with Gasteiger partial charge in [-0.05, 0) is 35.4 Å². The molecule has 0 aromatic heterocycles. The lowest BCUT2D eigenvalue weighted by molar-refractivity contribution is 0.414. The number of nitrogens with zero attached hydrogens (tertiary/aromatic N) is 1. The van der Waals surface area contributed by atoms with Crippen molar-refractivity contribution >= 4 is 17.5 Å². The van der Waals surface area contributed by atoms with Crippen molar-refractivity contribution in [2.75, 3.05) is 12.5 Å². The average Bonchev–Trinajstić information content (AvgIpc) is 2.71. The number of hydrazone groups is 1. The number of para-hydroxylation sites is 1. The van der Waals surface area contributed by atoms with Crippen LogP contribution in [0.5, 0.6) is 5.75 Å². The lowest BCUT2D eigenvalue weighted by Gasteiger charge is -2.04. The van der Waals surface area contributed by atoms with Crippen molar-refractivity contribution in [1.82, 2.24) is 0 Å². The highest BCUT2D eigenvalue weighted by Crippen LogP contribution is 2.20. The molecule has 1 N–H and O–H groups in total. The molecule has 0 fully saturated rings. The molecule has 0 radical (unpaired) electrons. The molecule has 0 bridgehead atoms. The van der Waals surface area contributed by atoms with Gasteiger partial charge in [0.05, 0.1) is 18.5 Å². The van der Waals surface area contributed by atoms with E-state index in [1.165, 1.54) is 5.56 Å². The SMILES string of the molecule is COc1ccc(CC2=NNc3ccccc3C=C2)cc1. The normalized spacial score (nSPS) is 12.9. The van der Waals surface area contributed by atoms with Crippen LogP contribution in [-0.4, -0.2) is 12.8 Å². The van der Waals surface area contributed by atoms with E-state index in [-0.39, 0.29) is 0 Å². The van der Waals surface area contributed by atoms with Crippen LogP contribution in [0.3, 0.4) is 0 Å². The zero-order valence-electron chi connectivity index (χ0n) is 11.3. The molecule has 1 heterocycles. The van der Waals surface area contributed by atoms with Crippen LogP contribution in [0.4, 0.5) is 5.69 Å². The van der Waals surface area contributed by atoms with Crippen LogP contribution in [0.1, 0.15) is 11.1 Å². The molecule has 0 atom stereocenters. The van der Waals surface area contributed by atoms with Crippen molar-refractivity contribution in [2.45, 2.75) is 6.42 Å². The Morgan fingerprint density at radius 2 is 1.80 bits per heavy atom. The molecule has 20 heavy (non-hydrogen) atoms. The summed E-state index contributed by atoms with van der Waals surface area (Å²) in [5.41, 5.74) is 7.52. The summed E-state index contributed by atoms with van der Waals surface area (Å²) in [5.74, 6) is 0.873. The number of ether oxygens (including phenoxy) is 1. The van der Waals surface area contributed by atoms with Crippen molar-refractivity contribution in [3.8, 4) is 5.75 Å². The molecule has 3 nitrogen and oxygen atoms in total. The van der Waals surface area contributed by atoms with E-state index in [4.69, 9.17) is 4.74 Å². The van der Waals surface area contributed by atoms with E-state index in [2.05, 4.69) is 40.9 Å². The topological polar surface area (TPSA) is 33.6 Å². The maximum absolute atomic E-state index is 5.16. The fraction of sp³-hybridized carbons (Fsp3) is 0.118. The van der Waals surface area contributed by atoms with Gasteiger partial charge < -0.3 is 4.74 Å². The quantitative estimate of drug-likeness (QED) is 0.916. The number of nitrogens with one attached hydrogen (secondary N) is 1. The second kappa shape index (κ2) is 5.61. The van der Waals surface area contributed by atoms with Crippen LogP contribution >= 0.6 is 0 Å². The number of allylic oxidation sites excluding steroid dienone is 1. The van der Waals surface area contributed by atoms with Crippen molar-refractivity contribution in [2.24, 2.45) is 5.10 Å². The summed E-state index contributed by atoms with van der Waals surface area (Å²) in [6, 6.07) is 16.2. The first kappa shape index (κ1) is 12.5. The van der Waals surface area contributed by atoms with Gasteiger partial charge in [0.25, 0.3) is 0 Å². The van der Waals surface area contributed by atoms with Crippen molar-refractivity contribution in [3.05, 3.63) is 65.7 Å². The summed E-state index contributed by atoms with van der Waals surface area (Å²) < 4.78 is 5.16. The third-order valence-electron chi connectivity index (χ3n) is 3.28. The predicted molar refractivity (Wildman–Crippen MR) is 83.2 cm³/mol. The van der Waals surface area contributed by atoms with Crippen molar-refractivity contribution in [1.29, 1.82) is 0 Å². The van der Waals surface area contributed by atoms with E-state index in [0.29, 0.717) is 0 Å². The maximum Gasteiger partial charge on any atom is 0.118 e. The van der Waals surface area contributed by atoms with E-state index >= 15 is 0 Å². The Bertz CT molecular complexity index is 657. The Labute approximate surface area is 118 Å². The van der Waals surface area contributed by atoms with E-state index in [1.54, 1.807) is 7.11 Å². The Morgan fingerprint density at radius 3 is 2.60 bits per heavy atom. The van der Waals surface area contributed by atoms with Gasteiger partial charge in [-0.15, -0.1) is 0 Å². The van der Waals surface area contributed by atoms with E-state index in [9.17, 15) is 0 Å². The summed E-state index contributed by atoms with van der Waals surface area (Å²) in [5, 5.41) is 4.45. The largest absolute Gasteiger partial charge is 0.497 e. The Hall–Kier alpha value is -2.55. The highest BCUT2D eigenvalue weighted by molar-refractivity contribution is 6.01. The number of anilines is 1. The molecule has 1 aliphatic heterocycles. The van der Waals surface area contributed by atoms with Gasteiger partial charge in [0.1, 0.15) is 5.75 Å². The van der Waals surface area contributed by atoms with Gasteiger partial charge >= 0.3 is 0 Å². The van der Waals surface area contributed by atoms with Gasteiger partial charge in [-0.1, -0.05) is 36.4 Å². The van der Waals surface area contributed by atoms with Crippen LogP contribution in [0.2, 0.25) is 0 Å². The fourth-order valence-corrected chi connectivity index (χ4v) is 2.15. The lowest BCUT2D eigenvalue weighted by atomic mass is 10.1. The number of benzene rings is 2. The molecular formula is C17H16N2O. The molecule has 2 aromatic rings. The molecule has 100 valence electrons. The summed E-state index contributed by atoms with van der Waals surface area (Å²) in [4.78, 5) is 0. The molecule has 2 aromatic carbocycles. The summed E-state index contributed by atoms with van der Waals surface area (Å²) >= 11 is 0. The minimum atomic E-state index is 0.793. The van der Waals surface area contributed by atoms with Gasteiger partial charge in [-0.3, -0.25) is 5.43 Å². The lowest BCUT2D eigenvalue weighted by Crippen LogP contribution is -2.02. The highest BCUT2D eigenvalue weighted by Gasteiger charge is 2.05. The molecule has 0 saturated heterocycles. The molecule has 3 rings (SSSR count). The van der Waals surface area contributed by atoms with Crippen LogP contribution < -0.4 is 10.2 Å². The summed E-state index contributed by atoms with van der Waals surface area (Å²) in [7, 11) is 1.67. The van der Waals surface area contributed by atoms with Crippen LogP contribution in [-0.2, 0) is 6.42 Å². The molecule has 0 amide bonds. The number of methoxy groups -OCH3 is 1. The first-order valence-corrected chi connectivity index (χ1v) is 6.58. The molecule has 0 saturated carbocycles. The second-order valence-electron chi connectivity index (χ2n) is 4.66. The number of rotatable bonds is 3. The fourth-order valence-electron chi connectivity index (χ4n) is 2.15. The number of hydrogen-bond donors (Lipinski definition) is 1. The Balaban J connectivity index is 1.77. The standard InChI is InChI=1S/C17H16N2O/c1-20-16-10-6-13(7-11-16)12-15-9-8-14-4-2-3-5-17(14)19-18-15/h2-11,19H,12H2,1H3. The number of hydrogen-bond acceptors (Lipinski definition) is 3. The van der Waals surface area contributed by atoms with Gasteiger partial charge in [-0.2, -0.15) is 5.10 Å². The summed E-state index contributed by atoms with van der Waals surface area (Å²) in [6.07, 6.45) is 4.95. The Kier molecular flexibility index (Phi) is 3.50. The smallest absolute Gasteiger partial charge is 0.118 e. The van der Waals surface area contributed by atoms with Crippen molar-refractivity contribution < 1.29 is 4.74 Å². The molecule has 3 heteroatoms. The van der Waals surface area contributed by atoms with E-state index < -0.39 is 0 Å². The van der Waals surface area contributed by atoms with Gasteiger partial charge in [-0.25, -0.2) is 0 Å². The first-order valence-electron chi connectivity index (χ1n) is 6.58. The average molecular weight is 264 g/mol. The third kappa shape index (κ3) is 2.72. The molecule has 1 aliphatic rings. The number of fused-ring (bicyclic) bond motifs is 1. The van der Waals surface area contributed by atoms with Gasteiger partial charge in [0, 0.05) is 6.42 Å². The van der Waals surface area contributed by atoms with Crippen LogP contribution in [0.25, 0.3) is 6.08 Å². The monoisotopic (exact) mass is 264 g/mol. The molecular weight excluding hydrogens is 248 g/mol. The van der Waals surface area contributed by atoms with E-state index in [0.717, 1.165) is 29.1 Å². The van der Waals surface area contributed by atoms with Crippen molar-refractivity contribution in [3.63, 3.8) is 0 Å². The minimum absolute atomic E-state index is 0.793. The van der Waals surface area contributed by atoms with Crippen LogP contribution in [0, 0.1) is 0 Å². The second-order valence-corrected chi connectivity index (χ2v) is 4.66. The third-order valence-corrected chi connectivity index (χ3v) is 3.28. The predicted octanol–water partition coefficient (Wildman–Crippen LogP) is 3.73. The Morgan fingerprint density at radius 1 is 1.00 bits per heavy atom. The van der Waals surface area contributed by atoms with Crippen LogP contribution in [0.15, 0.2) is 59.7 Å². The highest BCUT2D eigenvalue weighted by atomic mass is 16.5. The molecule has 0 aliphatic carbocycles. The zero-order valence-corrected chi connectivity index (χ0v) is 11.3. The van der Waals surface area contributed by atoms with Gasteiger partial charge in [0.15, 0.2) is 0 Å². The zero-order chi connectivity index (χ0) is 13.8.